The fourth-order valence-electron chi connectivity index (χ4n) is 1.13. The molecule has 1 rings (SSSR count). The van der Waals surface area contributed by atoms with E-state index in [1.54, 1.807) is 7.11 Å². The summed E-state index contributed by atoms with van der Waals surface area (Å²) in [5.41, 5.74) is 4.75. The molecule has 0 bridgehead atoms. The Morgan fingerprint density at radius 1 is 1.50 bits per heavy atom. The molecule has 0 spiro atoms. The van der Waals surface area contributed by atoms with Crippen LogP contribution >= 0.6 is 0 Å². The maximum absolute atomic E-state index is 10.7. The third-order valence-corrected chi connectivity index (χ3v) is 1.99. The normalized spacial score (nSPS) is 27.4. The van der Waals surface area contributed by atoms with Crippen molar-refractivity contribution in [1.29, 1.82) is 0 Å². The van der Waals surface area contributed by atoms with E-state index in [9.17, 15) is 9.59 Å². The first kappa shape index (κ1) is 8.99. The molecule has 2 amide bonds. The maximum atomic E-state index is 10.7. The molecule has 0 saturated heterocycles. The van der Waals surface area contributed by atoms with E-state index in [2.05, 4.69) is 5.32 Å². The van der Waals surface area contributed by atoms with Gasteiger partial charge in [-0.2, -0.15) is 0 Å². The number of rotatable bonds is 2. The molecule has 1 aliphatic carbocycles. The van der Waals surface area contributed by atoms with E-state index in [4.69, 9.17) is 10.5 Å². The zero-order valence-electron chi connectivity index (χ0n) is 6.87. The largest absolute Gasteiger partial charge is 0.381 e. The summed E-state index contributed by atoms with van der Waals surface area (Å²) in [6.07, 6.45) is 1.73. The predicted molar refractivity (Wildman–Crippen MR) is 41.2 cm³/mol. The van der Waals surface area contributed by atoms with E-state index in [-0.39, 0.29) is 12.1 Å². The van der Waals surface area contributed by atoms with Gasteiger partial charge in [-0.15, -0.1) is 0 Å². The zero-order chi connectivity index (χ0) is 9.14. The standard InChI is InChI=1S/C7H12N2O3/c1-12-5-2-4(3-5)9-7(11)6(8)10/h4-5H,2-3H2,1H3,(H2,8,10)(H,9,11). The van der Waals surface area contributed by atoms with Gasteiger partial charge in [0.1, 0.15) is 0 Å². The fourth-order valence-corrected chi connectivity index (χ4v) is 1.13. The van der Waals surface area contributed by atoms with Gasteiger partial charge in [-0.05, 0) is 12.8 Å². The number of carbonyl (C=O) groups excluding carboxylic acids is 2. The van der Waals surface area contributed by atoms with Crippen LogP contribution in [-0.4, -0.2) is 31.1 Å². The Balaban J connectivity index is 2.19. The molecule has 1 saturated carbocycles. The quantitative estimate of drug-likeness (QED) is 0.511. The number of primary amides is 1. The topological polar surface area (TPSA) is 81.4 Å². The Morgan fingerprint density at radius 2 is 2.08 bits per heavy atom. The highest BCUT2D eigenvalue weighted by molar-refractivity contribution is 6.34. The van der Waals surface area contributed by atoms with Gasteiger partial charge >= 0.3 is 11.8 Å². The van der Waals surface area contributed by atoms with Crippen LogP contribution in [0.2, 0.25) is 0 Å². The first-order chi connectivity index (χ1) is 5.63. The second-order valence-corrected chi connectivity index (χ2v) is 2.86. The molecule has 1 fully saturated rings. The molecule has 0 atom stereocenters. The summed E-state index contributed by atoms with van der Waals surface area (Å²) in [5, 5.41) is 2.49. The lowest BCUT2D eigenvalue weighted by molar-refractivity contribution is -0.138. The molecule has 0 unspecified atom stereocenters. The molecular formula is C7H12N2O3. The van der Waals surface area contributed by atoms with Gasteiger partial charge in [0, 0.05) is 13.2 Å². The number of ether oxygens (including phenoxy) is 1. The van der Waals surface area contributed by atoms with Gasteiger partial charge in [-0.1, -0.05) is 0 Å². The van der Waals surface area contributed by atoms with Gasteiger partial charge in [0.05, 0.1) is 6.10 Å². The van der Waals surface area contributed by atoms with Gasteiger partial charge in [0.2, 0.25) is 0 Å². The summed E-state index contributed by atoms with van der Waals surface area (Å²) >= 11 is 0. The second kappa shape index (κ2) is 3.53. The van der Waals surface area contributed by atoms with Gasteiger partial charge in [0.15, 0.2) is 0 Å². The number of carbonyl (C=O) groups is 2. The Kier molecular flexibility index (Phi) is 2.65. The fraction of sp³-hybridized carbons (Fsp3) is 0.714. The van der Waals surface area contributed by atoms with Gasteiger partial charge in [-0.3, -0.25) is 9.59 Å². The van der Waals surface area contributed by atoms with E-state index in [0.29, 0.717) is 0 Å². The lowest BCUT2D eigenvalue weighted by Gasteiger charge is -2.34. The first-order valence-electron chi connectivity index (χ1n) is 3.76. The zero-order valence-corrected chi connectivity index (χ0v) is 6.87. The molecule has 12 heavy (non-hydrogen) atoms. The summed E-state index contributed by atoms with van der Waals surface area (Å²) in [6, 6.07) is 0.0509. The minimum absolute atomic E-state index is 0.0509. The van der Waals surface area contributed by atoms with Gasteiger partial charge < -0.3 is 15.8 Å². The third-order valence-electron chi connectivity index (χ3n) is 1.99. The van der Waals surface area contributed by atoms with Crippen molar-refractivity contribution in [1.82, 2.24) is 5.32 Å². The van der Waals surface area contributed by atoms with Crippen molar-refractivity contribution in [3.63, 3.8) is 0 Å². The Bertz CT molecular complexity index is 199. The van der Waals surface area contributed by atoms with Crippen LogP contribution in [-0.2, 0) is 14.3 Å². The molecule has 0 aromatic carbocycles. The molecule has 3 N–H and O–H groups in total. The lowest BCUT2D eigenvalue weighted by atomic mass is 9.89. The summed E-state index contributed by atoms with van der Waals surface area (Å²) < 4.78 is 4.99. The molecule has 0 aliphatic heterocycles. The van der Waals surface area contributed by atoms with E-state index in [0.717, 1.165) is 12.8 Å². The highest BCUT2D eigenvalue weighted by Gasteiger charge is 2.30. The summed E-state index contributed by atoms with van der Waals surface area (Å²) in [5.74, 6) is -1.65. The van der Waals surface area contributed by atoms with Crippen molar-refractivity contribution in [3.8, 4) is 0 Å². The predicted octanol–water partition coefficient (Wildman–Crippen LogP) is -1.23. The van der Waals surface area contributed by atoms with Gasteiger partial charge in [-0.25, -0.2) is 0 Å². The molecule has 0 aromatic heterocycles. The van der Waals surface area contributed by atoms with Crippen LogP contribution in [0.25, 0.3) is 0 Å². The number of hydrogen-bond acceptors (Lipinski definition) is 3. The highest BCUT2D eigenvalue weighted by atomic mass is 16.5. The lowest BCUT2D eigenvalue weighted by Crippen LogP contribution is -2.50. The van der Waals surface area contributed by atoms with Crippen molar-refractivity contribution < 1.29 is 14.3 Å². The van der Waals surface area contributed by atoms with Crippen LogP contribution < -0.4 is 11.1 Å². The highest BCUT2D eigenvalue weighted by Crippen LogP contribution is 2.22. The number of methoxy groups -OCH3 is 1. The van der Waals surface area contributed by atoms with Crippen molar-refractivity contribution in [2.75, 3.05) is 7.11 Å². The maximum Gasteiger partial charge on any atom is 0.309 e. The average Bonchev–Trinajstić information content (AvgIpc) is 1.94. The summed E-state index contributed by atoms with van der Waals surface area (Å²) in [6.45, 7) is 0. The van der Waals surface area contributed by atoms with Crippen LogP contribution in [0.15, 0.2) is 0 Å². The van der Waals surface area contributed by atoms with E-state index >= 15 is 0 Å². The minimum Gasteiger partial charge on any atom is -0.381 e. The number of nitrogens with two attached hydrogens (primary N) is 1. The molecule has 1 aliphatic rings. The van der Waals surface area contributed by atoms with Gasteiger partial charge in [0.25, 0.3) is 0 Å². The van der Waals surface area contributed by atoms with Crippen LogP contribution in [0.5, 0.6) is 0 Å². The molecule has 0 radical (unpaired) electrons. The monoisotopic (exact) mass is 172 g/mol. The van der Waals surface area contributed by atoms with E-state index in [1.165, 1.54) is 0 Å². The van der Waals surface area contributed by atoms with Crippen LogP contribution in [0.4, 0.5) is 0 Å². The second-order valence-electron chi connectivity index (χ2n) is 2.86. The Morgan fingerprint density at radius 3 is 2.50 bits per heavy atom. The summed E-state index contributed by atoms with van der Waals surface area (Å²) in [4.78, 5) is 21.0. The Labute approximate surface area is 70.2 Å². The van der Waals surface area contributed by atoms with Crippen LogP contribution in [0.3, 0.4) is 0 Å². The van der Waals surface area contributed by atoms with E-state index < -0.39 is 11.8 Å². The van der Waals surface area contributed by atoms with Crippen molar-refractivity contribution in [3.05, 3.63) is 0 Å². The number of hydrogen-bond donors (Lipinski definition) is 2. The minimum atomic E-state index is -0.934. The third kappa shape index (κ3) is 1.94. The molecule has 0 heterocycles. The SMILES string of the molecule is COC1CC(NC(=O)C(N)=O)C1. The van der Waals surface area contributed by atoms with Crippen molar-refractivity contribution in [2.24, 2.45) is 5.73 Å². The summed E-state index contributed by atoms with van der Waals surface area (Å²) in [7, 11) is 1.62. The smallest absolute Gasteiger partial charge is 0.309 e. The molecule has 68 valence electrons. The molecule has 5 heteroatoms. The molecule has 5 nitrogen and oxygen atoms in total. The average molecular weight is 172 g/mol. The van der Waals surface area contributed by atoms with Crippen molar-refractivity contribution in [2.45, 2.75) is 25.0 Å². The van der Waals surface area contributed by atoms with E-state index in [1.807, 2.05) is 0 Å². The first-order valence-corrected chi connectivity index (χ1v) is 3.76. The van der Waals surface area contributed by atoms with Crippen LogP contribution in [0, 0.1) is 0 Å². The Hall–Kier alpha value is -1.10. The molecule has 0 aromatic rings. The van der Waals surface area contributed by atoms with Crippen LogP contribution in [0.1, 0.15) is 12.8 Å². The number of amides is 2. The van der Waals surface area contributed by atoms with Crippen molar-refractivity contribution >= 4 is 11.8 Å². The number of nitrogens with one attached hydrogen (secondary N) is 1. The molecular weight excluding hydrogens is 160 g/mol.